The molecule has 0 unspecified atom stereocenters. The van der Waals surface area contributed by atoms with Gasteiger partial charge in [0.15, 0.2) is 0 Å². The number of nitrogens with one attached hydrogen (secondary N) is 1. The lowest BCUT2D eigenvalue weighted by Crippen LogP contribution is -2.51. The first-order chi connectivity index (χ1) is 16.5. The van der Waals surface area contributed by atoms with Crippen molar-refractivity contribution >= 4 is 49.6 Å². The maximum atomic E-state index is 13.6. The van der Waals surface area contributed by atoms with E-state index in [4.69, 9.17) is 16.3 Å². The van der Waals surface area contributed by atoms with E-state index in [9.17, 15) is 9.59 Å². The lowest BCUT2D eigenvalue weighted by Gasteiger charge is -2.40. The van der Waals surface area contributed by atoms with Crippen LogP contribution in [0.3, 0.4) is 0 Å². The summed E-state index contributed by atoms with van der Waals surface area (Å²) in [5, 5.41) is 2.21. The summed E-state index contributed by atoms with van der Waals surface area (Å²) in [6.45, 7) is 1.60. The first-order valence-electron chi connectivity index (χ1n) is 10.7. The molecule has 2 aromatic carbocycles. The quantitative estimate of drug-likeness (QED) is 0.403. The van der Waals surface area contributed by atoms with Crippen LogP contribution in [0.4, 0.5) is 5.69 Å². The van der Waals surface area contributed by atoms with Gasteiger partial charge in [0.25, 0.3) is 5.56 Å². The predicted molar refractivity (Wildman–Crippen MR) is 137 cm³/mol. The van der Waals surface area contributed by atoms with E-state index in [1.54, 1.807) is 31.6 Å². The summed E-state index contributed by atoms with van der Waals surface area (Å²) < 4.78 is 7.00. The highest BCUT2D eigenvalue weighted by molar-refractivity contribution is 7.22. The second kappa shape index (κ2) is 8.09. The Morgan fingerprint density at radius 1 is 1.12 bits per heavy atom. The van der Waals surface area contributed by atoms with Crippen LogP contribution in [0.25, 0.3) is 37.1 Å². The van der Waals surface area contributed by atoms with E-state index in [-0.39, 0.29) is 11.7 Å². The van der Waals surface area contributed by atoms with E-state index in [0.29, 0.717) is 20.9 Å². The molecule has 1 saturated heterocycles. The van der Waals surface area contributed by atoms with Gasteiger partial charge in [-0.05, 0) is 24.3 Å². The molecular weight excluding hydrogens is 472 g/mol. The Labute approximate surface area is 202 Å². The van der Waals surface area contributed by atoms with Crippen molar-refractivity contribution in [3.8, 4) is 16.1 Å². The van der Waals surface area contributed by atoms with E-state index in [0.717, 1.165) is 40.0 Å². The van der Waals surface area contributed by atoms with Gasteiger partial charge in [-0.1, -0.05) is 35.9 Å². The van der Waals surface area contributed by atoms with Gasteiger partial charge in [-0.2, -0.15) is 0 Å². The molecule has 0 spiro atoms. The summed E-state index contributed by atoms with van der Waals surface area (Å²) in [4.78, 5) is 36.8. The van der Waals surface area contributed by atoms with Crippen LogP contribution in [-0.4, -0.2) is 40.8 Å². The van der Waals surface area contributed by atoms with Gasteiger partial charge in [0, 0.05) is 58.3 Å². The molecule has 1 aliphatic heterocycles. The van der Waals surface area contributed by atoms with Gasteiger partial charge in [0.05, 0.1) is 23.5 Å². The minimum atomic E-state index is -0.510. The van der Waals surface area contributed by atoms with Gasteiger partial charge >= 0.3 is 5.69 Å². The highest BCUT2D eigenvalue weighted by atomic mass is 35.5. The Balaban J connectivity index is 1.52. The van der Waals surface area contributed by atoms with Crippen molar-refractivity contribution in [1.82, 2.24) is 14.5 Å². The van der Waals surface area contributed by atoms with Crippen LogP contribution in [0, 0.1) is 0 Å². The molecule has 1 fully saturated rings. The number of nitrogens with zero attached hydrogens (tertiary/aromatic N) is 3. The summed E-state index contributed by atoms with van der Waals surface area (Å²) in [7, 11) is 1.71. The molecule has 3 aromatic heterocycles. The molecule has 34 heavy (non-hydrogen) atoms. The minimum absolute atomic E-state index is 0.214. The number of rotatable bonds is 4. The first-order valence-corrected chi connectivity index (χ1v) is 11.9. The second-order valence-electron chi connectivity index (χ2n) is 8.23. The Morgan fingerprint density at radius 3 is 2.74 bits per heavy atom. The zero-order valence-electron chi connectivity index (χ0n) is 18.1. The molecule has 0 atom stereocenters. The third kappa shape index (κ3) is 3.34. The molecule has 9 heteroatoms. The molecule has 0 radical (unpaired) electrons. The van der Waals surface area contributed by atoms with Crippen molar-refractivity contribution in [2.24, 2.45) is 0 Å². The van der Waals surface area contributed by atoms with Crippen LogP contribution in [0.2, 0.25) is 5.02 Å². The van der Waals surface area contributed by atoms with Crippen molar-refractivity contribution in [2.75, 3.05) is 25.1 Å². The Hall–Kier alpha value is -3.46. The smallest absolute Gasteiger partial charge is 0.333 e. The normalized spacial score (nSPS) is 14.1. The summed E-state index contributed by atoms with van der Waals surface area (Å²) >= 11 is 7.66. The molecule has 0 aliphatic carbocycles. The largest absolute Gasteiger partial charge is 0.378 e. The van der Waals surface area contributed by atoms with E-state index in [1.807, 2.05) is 36.4 Å². The number of thiophene rings is 1. The van der Waals surface area contributed by atoms with Gasteiger partial charge in [0.2, 0.25) is 0 Å². The number of hydrogen-bond donors (Lipinski definition) is 1. The molecule has 0 saturated carbocycles. The van der Waals surface area contributed by atoms with Gasteiger partial charge in [-0.25, -0.2) is 9.36 Å². The van der Waals surface area contributed by atoms with Crippen molar-refractivity contribution < 1.29 is 4.74 Å². The van der Waals surface area contributed by atoms with Crippen molar-refractivity contribution in [1.29, 1.82) is 0 Å². The predicted octanol–water partition coefficient (Wildman–Crippen LogP) is 4.44. The maximum Gasteiger partial charge on any atom is 0.333 e. The van der Waals surface area contributed by atoms with Crippen LogP contribution < -0.4 is 16.1 Å². The van der Waals surface area contributed by atoms with Crippen LogP contribution in [0.1, 0.15) is 0 Å². The number of aromatic amines is 1. The van der Waals surface area contributed by atoms with Crippen molar-refractivity contribution in [3.05, 3.63) is 86.8 Å². The van der Waals surface area contributed by atoms with Gasteiger partial charge in [-0.3, -0.25) is 9.78 Å². The highest BCUT2D eigenvalue weighted by Gasteiger charge is 2.27. The minimum Gasteiger partial charge on any atom is -0.378 e. The van der Waals surface area contributed by atoms with E-state index < -0.39 is 5.69 Å². The van der Waals surface area contributed by atoms with Crippen molar-refractivity contribution in [2.45, 2.75) is 6.10 Å². The standard InChI is InChI=1S/C25H19ClN4O3S/c1-33-16-12-29(13-16)15-7-6-14-10-27-11-21(18(14)8-15)30-24(31)23-20(28-25(30)32)9-22(34-23)17-4-2-3-5-19(17)26/h2-11,16H,12-13H2,1H3,(H,28,32). The number of methoxy groups -OCH3 is 1. The van der Waals surface area contributed by atoms with Crippen molar-refractivity contribution in [3.63, 3.8) is 0 Å². The Morgan fingerprint density at radius 2 is 1.94 bits per heavy atom. The maximum absolute atomic E-state index is 13.6. The molecule has 0 bridgehead atoms. The fourth-order valence-electron chi connectivity index (χ4n) is 4.33. The highest BCUT2D eigenvalue weighted by Crippen LogP contribution is 2.35. The molecule has 7 nitrogen and oxygen atoms in total. The Bertz CT molecular complexity index is 1680. The molecule has 5 aromatic rings. The molecule has 1 aliphatic rings. The summed E-state index contributed by atoms with van der Waals surface area (Å²) in [5.41, 5.74) is 1.87. The average molecular weight is 491 g/mol. The molecule has 1 N–H and O–H groups in total. The summed E-state index contributed by atoms with van der Waals surface area (Å²) in [5.74, 6) is 0. The lowest BCUT2D eigenvalue weighted by atomic mass is 10.1. The zero-order valence-corrected chi connectivity index (χ0v) is 19.7. The summed E-state index contributed by atoms with van der Waals surface area (Å²) in [6.07, 6.45) is 3.51. The van der Waals surface area contributed by atoms with E-state index >= 15 is 0 Å². The Kier molecular flexibility index (Phi) is 5.02. The number of halogens is 1. The summed E-state index contributed by atoms with van der Waals surface area (Å²) in [6, 6.07) is 15.2. The monoisotopic (exact) mass is 490 g/mol. The SMILES string of the molecule is COC1CN(c2ccc3cncc(-n4c(=O)[nH]c5cc(-c6ccccc6Cl)sc5c4=O)c3c2)C1. The number of anilines is 1. The fourth-order valence-corrected chi connectivity index (χ4v) is 5.71. The van der Waals surface area contributed by atoms with Gasteiger partial charge in [0.1, 0.15) is 4.70 Å². The molecular formula is C25H19ClN4O3S. The number of ether oxygens (including phenoxy) is 1. The fraction of sp³-hybridized carbons (Fsp3) is 0.160. The number of pyridine rings is 1. The van der Waals surface area contributed by atoms with E-state index in [2.05, 4.69) is 14.9 Å². The molecule has 170 valence electrons. The second-order valence-corrected chi connectivity index (χ2v) is 9.69. The third-order valence-electron chi connectivity index (χ3n) is 6.22. The topological polar surface area (TPSA) is 80.2 Å². The van der Waals surface area contributed by atoms with Gasteiger partial charge < -0.3 is 14.6 Å². The molecule has 0 amide bonds. The molecule has 6 rings (SSSR count). The number of fused-ring (bicyclic) bond motifs is 2. The number of benzene rings is 2. The third-order valence-corrected chi connectivity index (χ3v) is 7.71. The van der Waals surface area contributed by atoms with E-state index in [1.165, 1.54) is 15.9 Å². The van der Waals surface area contributed by atoms with Crippen LogP contribution in [-0.2, 0) is 4.74 Å². The number of hydrogen-bond acceptors (Lipinski definition) is 6. The molecule has 4 heterocycles. The first kappa shape index (κ1) is 21.1. The van der Waals surface area contributed by atoms with Crippen LogP contribution in [0.5, 0.6) is 0 Å². The van der Waals surface area contributed by atoms with Crippen LogP contribution >= 0.6 is 22.9 Å². The zero-order chi connectivity index (χ0) is 23.4. The number of aromatic nitrogens is 3. The van der Waals surface area contributed by atoms with Crippen LogP contribution in [0.15, 0.2) is 70.5 Å². The average Bonchev–Trinajstić information content (AvgIpc) is 3.23. The lowest BCUT2D eigenvalue weighted by molar-refractivity contribution is 0.0788. The number of H-pyrrole nitrogens is 1. The van der Waals surface area contributed by atoms with Gasteiger partial charge in [-0.15, -0.1) is 11.3 Å².